The van der Waals surface area contributed by atoms with Crippen LogP contribution in [0.15, 0.2) is 42.5 Å². The van der Waals surface area contributed by atoms with E-state index in [1.165, 1.54) is 0 Å². The van der Waals surface area contributed by atoms with Crippen LogP contribution in [-0.4, -0.2) is 13.9 Å². The van der Waals surface area contributed by atoms with Gasteiger partial charge in [0.2, 0.25) is 0 Å². The van der Waals surface area contributed by atoms with Crippen molar-refractivity contribution in [2.75, 3.05) is 6.61 Å². The van der Waals surface area contributed by atoms with Crippen molar-refractivity contribution in [1.29, 1.82) is 0 Å². The minimum absolute atomic E-state index is 0. The maximum absolute atomic E-state index is 10.2. The molecule has 0 spiro atoms. The van der Waals surface area contributed by atoms with Crippen LogP contribution in [0.25, 0.3) is 10.8 Å². The van der Waals surface area contributed by atoms with Crippen molar-refractivity contribution in [3.63, 3.8) is 0 Å². The van der Waals surface area contributed by atoms with E-state index in [0.29, 0.717) is 6.42 Å². The summed E-state index contributed by atoms with van der Waals surface area (Å²) in [5.41, 5.74) is 1.10. The molecule has 82 valence electrons. The summed E-state index contributed by atoms with van der Waals surface area (Å²) in [6.45, 7) is 0.172. The Bertz CT molecular complexity index is 474. The van der Waals surface area contributed by atoms with E-state index in [2.05, 4.69) is 4.65 Å². The van der Waals surface area contributed by atoms with Gasteiger partial charge in [-0.15, -0.1) is 0 Å². The average Bonchev–Trinajstić information content (AvgIpc) is 2.29. The summed E-state index contributed by atoms with van der Waals surface area (Å²) < 4.78 is 4.48. The third-order valence-electron chi connectivity index (χ3n) is 2.51. The fourth-order valence-corrected chi connectivity index (χ4v) is 1.78. The van der Waals surface area contributed by atoms with Crippen LogP contribution in [0, 0.1) is 0 Å². The van der Waals surface area contributed by atoms with E-state index in [1.807, 2.05) is 42.5 Å². The van der Waals surface area contributed by atoms with E-state index in [-0.39, 0.29) is 44.3 Å². The maximum atomic E-state index is 10.2. The first-order valence-electron chi connectivity index (χ1n) is 5.17. The molecule has 0 bridgehead atoms. The van der Waals surface area contributed by atoms with Crippen LogP contribution in [0.2, 0.25) is 0 Å². The zero-order valence-electron chi connectivity index (χ0n) is 10.8. The van der Waals surface area contributed by atoms with Gasteiger partial charge in [0.25, 0.3) is 0 Å². The molecule has 0 radical (unpaired) electrons. The molecule has 6 heteroatoms. The van der Waals surface area contributed by atoms with E-state index < -0.39 is 7.32 Å². The molecule has 0 heterocycles. The summed E-state index contributed by atoms with van der Waals surface area (Å²) in [6, 6.07) is 14.0. The second kappa shape index (κ2) is 8.86. The summed E-state index contributed by atoms with van der Waals surface area (Å²) in [6.07, 6.45) is 0.586. The first-order chi connectivity index (χ1) is 7.77. The van der Waals surface area contributed by atoms with Gasteiger partial charge in [0.15, 0.2) is 0 Å². The Balaban J connectivity index is 0.00000144. The van der Waals surface area contributed by atoms with E-state index in [0.717, 1.165) is 16.3 Å². The van der Waals surface area contributed by atoms with Crippen LogP contribution in [0.4, 0.5) is 0 Å². The largest absolute Gasteiger partial charge is 1.00 e. The first kappa shape index (κ1) is 17.8. The molecule has 2 aromatic rings. The van der Waals surface area contributed by atoms with Crippen molar-refractivity contribution in [2.45, 2.75) is 6.42 Å². The third kappa shape index (κ3) is 4.84. The van der Waals surface area contributed by atoms with Crippen LogP contribution in [0.1, 0.15) is 5.56 Å². The van der Waals surface area contributed by atoms with E-state index in [1.54, 1.807) is 0 Å². The molecule has 0 aromatic heterocycles. The van der Waals surface area contributed by atoms with Gasteiger partial charge in [-0.1, -0.05) is 42.5 Å². The average molecular weight is 228 g/mol. The molecule has 0 fully saturated rings. The van der Waals surface area contributed by atoms with Gasteiger partial charge in [0, 0.05) is 6.61 Å². The molecule has 18 heavy (non-hydrogen) atoms. The van der Waals surface area contributed by atoms with Gasteiger partial charge in [-0.3, -0.25) is 0 Å². The monoisotopic (exact) mass is 228 g/mol. The minimum Gasteiger partial charge on any atom is -0.871 e. The zero-order valence-corrected chi connectivity index (χ0v) is 10.8. The fraction of sp³-hybridized carbons (Fsp3) is 0.167. The molecular formula is C12H11BLi2O3. The molecule has 0 aliphatic heterocycles. The quantitative estimate of drug-likeness (QED) is 0.489. The topological polar surface area (TPSA) is 55.3 Å². The van der Waals surface area contributed by atoms with Gasteiger partial charge in [-0.25, -0.2) is 0 Å². The second-order valence-corrected chi connectivity index (χ2v) is 3.55. The van der Waals surface area contributed by atoms with Crippen molar-refractivity contribution < 1.29 is 52.4 Å². The molecule has 0 unspecified atom stereocenters. The van der Waals surface area contributed by atoms with Crippen LogP contribution < -0.4 is 47.8 Å². The van der Waals surface area contributed by atoms with Crippen LogP contribution >= 0.6 is 0 Å². The minimum atomic E-state index is -2.19. The Morgan fingerprint density at radius 1 is 0.944 bits per heavy atom. The van der Waals surface area contributed by atoms with E-state index in [9.17, 15) is 10.0 Å². The molecule has 0 amide bonds. The molecule has 2 aromatic carbocycles. The smallest absolute Gasteiger partial charge is 0.871 e. The molecule has 0 saturated carbocycles. The Hall–Kier alpha value is -0.160. The molecule has 2 rings (SSSR count). The van der Waals surface area contributed by atoms with Crippen molar-refractivity contribution in [3.8, 4) is 0 Å². The summed E-state index contributed by atoms with van der Waals surface area (Å²) >= 11 is 0. The molecule has 0 aliphatic rings. The summed E-state index contributed by atoms with van der Waals surface area (Å²) in [5.74, 6) is 0. The number of hydrogen-bond acceptors (Lipinski definition) is 3. The van der Waals surface area contributed by atoms with Gasteiger partial charge in [-0.2, -0.15) is 0 Å². The third-order valence-corrected chi connectivity index (χ3v) is 2.51. The van der Waals surface area contributed by atoms with E-state index in [4.69, 9.17) is 0 Å². The normalized spacial score (nSPS) is 9.44. The summed E-state index contributed by atoms with van der Waals surface area (Å²) in [7, 11) is -2.19. The summed E-state index contributed by atoms with van der Waals surface area (Å²) in [5, 5.41) is 22.7. The van der Waals surface area contributed by atoms with Crippen molar-refractivity contribution >= 4 is 18.1 Å². The van der Waals surface area contributed by atoms with Crippen molar-refractivity contribution in [3.05, 3.63) is 48.0 Å². The fourth-order valence-electron chi connectivity index (χ4n) is 1.78. The zero-order chi connectivity index (χ0) is 11.4. The molecule has 0 N–H and O–H groups in total. The predicted octanol–water partition coefficient (Wildman–Crippen LogP) is -5.89. The molecule has 0 aliphatic carbocycles. The molecule has 0 atom stereocenters. The molecular weight excluding hydrogens is 217 g/mol. The van der Waals surface area contributed by atoms with Crippen LogP contribution in [0.5, 0.6) is 0 Å². The Morgan fingerprint density at radius 3 is 2.33 bits per heavy atom. The number of fused-ring (bicyclic) bond motifs is 1. The number of rotatable bonds is 4. The second-order valence-electron chi connectivity index (χ2n) is 3.55. The Labute approximate surface area is 131 Å². The van der Waals surface area contributed by atoms with Gasteiger partial charge in [0.1, 0.15) is 0 Å². The van der Waals surface area contributed by atoms with Gasteiger partial charge in [0.05, 0.1) is 7.32 Å². The van der Waals surface area contributed by atoms with Crippen LogP contribution in [-0.2, 0) is 11.1 Å². The molecule has 0 saturated heterocycles. The van der Waals surface area contributed by atoms with Crippen molar-refractivity contribution in [1.82, 2.24) is 0 Å². The first-order valence-corrected chi connectivity index (χ1v) is 5.17. The van der Waals surface area contributed by atoms with Crippen molar-refractivity contribution in [2.24, 2.45) is 0 Å². The SMILES string of the molecule is [Li+].[Li+].[O-]B([O-])OCCc1cccc2ccccc12. The Morgan fingerprint density at radius 2 is 1.61 bits per heavy atom. The maximum Gasteiger partial charge on any atom is 1.00 e. The van der Waals surface area contributed by atoms with E-state index >= 15 is 0 Å². The standard InChI is InChI=1S/C12H11BO3.2Li/c14-13(15)16-9-8-11-6-3-5-10-4-1-2-7-12(10)11;;/h1-7H,8-9H2;;/q-2;2*+1. The summed E-state index contributed by atoms with van der Waals surface area (Å²) in [4.78, 5) is 0. The van der Waals surface area contributed by atoms with Crippen LogP contribution in [0.3, 0.4) is 0 Å². The van der Waals surface area contributed by atoms with Gasteiger partial charge in [-0.05, 0) is 22.8 Å². The van der Waals surface area contributed by atoms with Gasteiger partial charge < -0.3 is 14.7 Å². The molecule has 3 nitrogen and oxygen atoms in total. The number of hydrogen-bond donors (Lipinski definition) is 0. The Kier molecular flexibility index (Phi) is 8.78. The predicted molar refractivity (Wildman–Crippen MR) is 59.4 cm³/mol. The van der Waals surface area contributed by atoms with Gasteiger partial charge >= 0.3 is 37.7 Å². The number of benzene rings is 2.